The quantitative estimate of drug-likeness (QED) is 0.916. The fourth-order valence-electron chi connectivity index (χ4n) is 3.48. The van der Waals surface area contributed by atoms with E-state index in [0.717, 1.165) is 37.2 Å². The highest BCUT2D eigenvalue weighted by molar-refractivity contribution is 7.13. The summed E-state index contributed by atoms with van der Waals surface area (Å²) in [4.78, 5) is 23.4. The molecule has 6 nitrogen and oxygen atoms in total. The van der Waals surface area contributed by atoms with Gasteiger partial charge in [-0.1, -0.05) is 13.8 Å². The fraction of sp³-hybridized carbons (Fsp3) is 0.588. The molecule has 1 saturated heterocycles. The summed E-state index contributed by atoms with van der Waals surface area (Å²) in [6.45, 7) is 11.2. The van der Waals surface area contributed by atoms with Gasteiger partial charge >= 0.3 is 0 Å². The molecular weight excluding hydrogens is 324 g/mol. The Morgan fingerprint density at radius 2 is 2.04 bits per heavy atom. The number of anilines is 1. The van der Waals surface area contributed by atoms with Crippen LogP contribution in [-0.2, 0) is 6.54 Å². The molecule has 0 radical (unpaired) electrons. The van der Waals surface area contributed by atoms with Gasteiger partial charge in [0.1, 0.15) is 0 Å². The second kappa shape index (κ2) is 7.03. The molecule has 0 saturated carbocycles. The van der Waals surface area contributed by atoms with Crippen molar-refractivity contribution in [2.24, 2.45) is 11.8 Å². The van der Waals surface area contributed by atoms with E-state index in [-0.39, 0.29) is 11.7 Å². The number of nitrogens with zero attached hydrogens (tertiary/aromatic N) is 3. The first-order valence-corrected chi connectivity index (χ1v) is 9.20. The van der Waals surface area contributed by atoms with Crippen molar-refractivity contribution in [1.82, 2.24) is 14.9 Å². The van der Waals surface area contributed by atoms with Crippen LogP contribution in [0.2, 0.25) is 0 Å². The van der Waals surface area contributed by atoms with E-state index in [1.165, 1.54) is 17.8 Å². The average Bonchev–Trinajstić information content (AvgIpc) is 3.04. The molecule has 1 fully saturated rings. The number of nitrogens with one attached hydrogen (secondary N) is 1. The molecule has 1 aliphatic rings. The van der Waals surface area contributed by atoms with Crippen LogP contribution in [0.25, 0.3) is 0 Å². The van der Waals surface area contributed by atoms with Gasteiger partial charge in [-0.25, -0.2) is 9.97 Å². The Kier molecular flexibility index (Phi) is 5.01. The largest absolute Gasteiger partial charge is 0.436 e. The number of thiazole rings is 1. The van der Waals surface area contributed by atoms with Gasteiger partial charge in [-0.2, -0.15) is 0 Å². The van der Waals surface area contributed by atoms with E-state index < -0.39 is 0 Å². The fourth-order valence-corrected chi connectivity index (χ4v) is 4.18. The minimum atomic E-state index is -0.297. The number of aryl methyl sites for hydroxylation is 2. The molecule has 0 aromatic carbocycles. The molecule has 0 spiro atoms. The molecule has 2 aromatic rings. The lowest BCUT2D eigenvalue weighted by atomic mass is 9.92. The molecule has 24 heavy (non-hydrogen) atoms. The van der Waals surface area contributed by atoms with Crippen molar-refractivity contribution in [1.29, 1.82) is 0 Å². The molecule has 7 heteroatoms. The van der Waals surface area contributed by atoms with Crippen LogP contribution in [0.5, 0.6) is 0 Å². The minimum absolute atomic E-state index is 0.253. The molecule has 3 rings (SSSR count). The van der Waals surface area contributed by atoms with E-state index in [0.29, 0.717) is 16.7 Å². The lowest BCUT2D eigenvalue weighted by Crippen LogP contribution is -2.38. The smallest absolute Gasteiger partial charge is 0.295 e. The molecule has 3 heterocycles. The van der Waals surface area contributed by atoms with Gasteiger partial charge in [-0.3, -0.25) is 15.0 Å². The standard InChI is InChI=1S/C17H24N4O2S/c1-10-5-11(2)7-21(6-10)8-14-9-24-17(19-14)20-16(22)15-12(3)18-13(4)23-15/h9-11H,5-8H2,1-4H3,(H,19,20,22)/t10-,11+. The number of aromatic nitrogens is 2. The van der Waals surface area contributed by atoms with Crippen LogP contribution < -0.4 is 5.32 Å². The lowest BCUT2D eigenvalue weighted by Gasteiger charge is -2.34. The molecule has 2 atom stereocenters. The highest BCUT2D eigenvalue weighted by Crippen LogP contribution is 2.24. The van der Waals surface area contributed by atoms with Crippen molar-refractivity contribution in [2.75, 3.05) is 18.4 Å². The Labute approximate surface area is 146 Å². The van der Waals surface area contributed by atoms with Crippen LogP contribution >= 0.6 is 11.3 Å². The van der Waals surface area contributed by atoms with Gasteiger partial charge in [0.25, 0.3) is 5.91 Å². The monoisotopic (exact) mass is 348 g/mol. The maximum Gasteiger partial charge on any atom is 0.295 e. The maximum absolute atomic E-state index is 12.2. The Morgan fingerprint density at radius 3 is 2.67 bits per heavy atom. The highest BCUT2D eigenvalue weighted by atomic mass is 32.1. The number of carbonyl (C=O) groups excluding carboxylic acids is 1. The Hall–Kier alpha value is -1.73. The molecule has 1 amide bonds. The molecule has 1 N–H and O–H groups in total. The van der Waals surface area contributed by atoms with Crippen LogP contribution in [0.1, 0.15) is 48.1 Å². The first-order chi connectivity index (χ1) is 11.4. The summed E-state index contributed by atoms with van der Waals surface area (Å²) >= 11 is 1.44. The zero-order valence-corrected chi connectivity index (χ0v) is 15.4. The number of hydrogen-bond acceptors (Lipinski definition) is 6. The third kappa shape index (κ3) is 4.02. The van der Waals surface area contributed by atoms with Crippen LogP contribution in [0.3, 0.4) is 0 Å². The van der Waals surface area contributed by atoms with Gasteiger partial charge in [0.05, 0.1) is 11.4 Å². The van der Waals surface area contributed by atoms with Gasteiger partial charge in [-0.15, -0.1) is 11.3 Å². The Balaban J connectivity index is 1.61. The van der Waals surface area contributed by atoms with Gasteiger partial charge in [0, 0.05) is 31.9 Å². The number of amides is 1. The molecule has 1 aliphatic heterocycles. The van der Waals surface area contributed by atoms with E-state index in [9.17, 15) is 4.79 Å². The van der Waals surface area contributed by atoms with Gasteiger partial charge < -0.3 is 4.42 Å². The summed E-state index contributed by atoms with van der Waals surface area (Å²) in [7, 11) is 0. The van der Waals surface area contributed by atoms with Crippen molar-refractivity contribution in [3.8, 4) is 0 Å². The predicted molar refractivity (Wildman–Crippen MR) is 94.3 cm³/mol. The first-order valence-electron chi connectivity index (χ1n) is 8.33. The number of oxazole rings is 1. The van der Waals surface area contributed by atoms with E-state index in [1.54, 1.807) is 13.8 Å². The number of carbonyl (C=O) groups is 1. The second-order valence-electron chi connectivity index (χ2n) is 6.89. The summed E-state index contributed by atoms with van der Waals surface area (Å²) in [5.74, 6) is 1.90. The van der Waals surface area contributed by atoms with E-state index in [1.807, 2.05) is 5.38 Å². The van der Waals surface area contributed by atoms with Crippen molar-refractivity contribution in [3.05, 3.63) is 28.4 Å². The van der Waals surface area contributed by atoms with Crippen LogP contribution in [0.15, 0.2) is 9.80 Å². The third-order valence-corrected chi connectivity index (χ3v) is 5.02. The number of hydrogen-bond donors (Lipinski definition) is 1. The van der Waals surface area contributed by atoms with Crippen LogP contribution in [0.4, 0.5) is 5.13 Å². The third-order valence-electron chi connectivity index (χ3n) is 4.21. The molecule has 0 bridgehead atoms. The number of likely N-dealkylation sites (tertiary alicyclic amines) is 1. The molecule has 2 aromatic heterocycles. The Morgan fingerprint density at radius 1 is 1.33 bits per heavy atom. The second-order valence-corrected chi connectivity index (χ2v) is 7.74. The van der Waals surface area contributed by atoms with Gasteiger partial charge in [0.2, 0.25) is 5.76 Å². The summed E-state index contributed by atoms with van der Waals surface area (Å²) in [5, 5.41) is 5.41. The topological polar surface area (TPSA) is 71.3 Å². The zero-order chi connectivity index (χ0) is 17.3. The van der Waals surface area contributed by atoms with Gasteiger partial charge in [0.15, 0.2) is 11.0 Å². The predicted octanol–water partition coefficient (Wildman–Crippen LogP) is 3.48. The summed E-state index contributed by atoms with van der Waals surface area (Å²) in [6, 6.07) is 0. The summed E-state index contributed by atoms with van der Waals surface area (Å²) in [5.41, 5.74) is 1.60. The number of piperidine rings is 1. The molecular formula is C17H24N4O2S. The zero-order valence-electron chi connectivity index (χ0n) is 14.6. The number of rotatable bonds is 4. The Bertz CT molecular complexity index is 714. The van der Waals surface area contributed by atoms with E-state index >= 15 is 0 Å². The van der Waals surface area contributed by atoms with Gasteiger partial charge in [-0.05, 0) is 25.2 Å². The maximum atomic E-state index is 12.2. The summed E-state index contributed by atoms with van der Waals surface area (Å²) < 4.78 is 5.35. The van der Waals surface area contributed by atoms with Crippen molar-refractivity contribution in [2.45, 2.75) is 40.7 Å². The van der Waals surface area contributed by atoms with Crippen molar-refractivity contribution < 1.29 is 9.21 Å². The van der Waals surface area contributed by atoms with Crippen molar-refractivity contribution in [3.63, 3.8) is 0 Å². The molecule has 0 aliphatic carbocycles. The first kappa shape index (κ1) is 17.1. The minimum Gasteiger partial charge on any atom is -0.436 e. The normalized spacial score (nSPS) is 21.8. The van der Waals surface area contributed by atoms with Crippen LogP contribution in [0, 0.1) is 25.7 Å². The average molecular weight is 348 g/mol. The lowest BCUT2D eigenvalue weighted by molar-refractivity contribution is 0.0994. The SMILES string of the molecule is Cc1nc(C)c(C(=O)Nc2nc(CN3C[C@H](C)C[C@H](C)C3)cs2)o1. The summed E-state index contributed by atoms with van der Waals surface area (Å²) in [6.07, 6.45) is 1.30. The molecule has 130 valence electrons. The van der Waals surface area contributed by atoms with Crippen LogP contribution in [-0.4, -0.2) is 33.9 Å². The molecule has 0 unspecified atom stereocenters. The van der Waals surface area contributed by atoms with Crippen molar-refractivity contribution >= 4 is 22.4 Å². The highest BCUT2D eigenvalue weighted by Gasteiger charge is 2.23. The van der Waals surface area contributed by atoms with E-state index in [4.69, 9.17) is 4.42 Å². The van der Waals surface area contributed by atoms with E-state index in [2.05, 4.69) is 34.0 Å².